The van der Waals surface area contributed by atoms with E-state index in [-0.39, 0.29) is 5.56 Å². The van der Waals surface area contributed by atoms with Crippen LogP contribution in [0.2, 0.25) is 0 Å². The summed E-state index contributed by atoms with van der Waals surface area (Å²) in [5, 5.41) is 10.3. The van der Waals surface area contributed by atoms with Gasteiger partial charge in [0.05, 0.1) is 14.2 Å². The van der Waals surface area contributed by atoms with Gasteiger partial charge in [0.15, 0.2) is 0 Å². The largest absolute Gasteiger partial charge is 0.497 e. The fourth-order valence-corrected chi connectivity index (χ4v) is 1.81. The Morgan fingerprint density at radius 2 is 1.79 bits per heavy atom. The van der Waals surface area contributed by atoms with Crippen LogP contribution in [0.15, 0.2) is 24.3 Å². The summed E-state index contributed by atoms with van der Waals surface area (Å²) < 4.78 is 35.2. The maximum atomic E-state index is 13.0. The third kappa shape index (κ3) is 3.20. The minimum absolute atomic E-state index is 0.184. The lowest BCUT2D eigenvalue weighted by Crippen LogP contribution is -2.42. The van der Waals surface area contributed by atoms with Crippen LogP contribution in [0, 0.1) is 5.92 Å². The van der Waals surface area contributed by atoms with Gasteiger partial charge in [-0.05, 0) is 24.6 Å². The molecule has 6 heteroatoms. The third-order valence-electron chi connectivity index (χ3n) is 2.99. The van der Waals surface area contributed by atoms with Gasteiger partial charge >= 0.3 is 5.97 Å². The number of hydrogen-bond acceptors (Lipinski definition) is 4. The summed E-state index contributed by atoms with van der Waals surface area (Å²) in [5.41, 5.74) is -1.85. The van der Waals surface area contributed by atoms with Crippen molar-refractivity contribution < 1.29 is 28.2 Å². The average molecular weight is 274 g/mol. The Morgan fingerprint density at radius 1 is 1.26 bits per heavy atom. The van der Waals surface area contributed by atoms with E-state index in [1.165, 1.54) is 31.4 Å². The molecule has 0 fully saturated rings. The van der Waals surface area contributed by atoms with E-state index in [2.05, 4.69) is 4.74 Å². The van der Waals surface area contributed by atoms with Crippen LogP contribution in [-0.4, -0.2) is 31.7 Å². The molecule has 0 amide bonds. The highest BCUT2D eigenvalue weighted by molar-refractivity contribution is 5.74. The topological polar surface area (TPSA) is 55.8 Å². The molecule has 0 heterocycles. The van der Waals surface area contributed by atoms with Gasteiger partial charge in [-0.2, -0.15) is 0 Å². The molecule has 19 heavy (non-hydrogen) atoms. The van der Waals surface area contributed by atoms with Gasteiger partial charge < -0.3 is 14.6 Å². The van der Waals surface area contributed by atoms with E-state index in [4.69, 9.17) is 4.74 Å². The molecular formula is C13H16F2O4. The Bertz CT molecular complexity index is 429. The molecule has 0 spiro atoms. The first-order chi connectivity index (χ1) is 8.84. The number of hydrogen-bond donors (Lipinski definition) is 1. The van der Waals surface area contributed by atoms with E-state index in [0.717, 1.165) is 14.0 Å². The highest BCUT2D eigenvalue weighted by atomic mass is 19.3. The summed E-state index contributed by atoms with van der Waals surface area (Å²) in [5.74, 6) is -2.59. The smallest absolute Gasteiger partial charge is 0.317 e. The number of methoxy groups -OCH3 is 2. The SMILES string of the molecule is COC(=O)C(C(F)F)C(C)(O)c1ccc(OC)cc1. The van der Waals surface area contributed by atoms with Crippen LogP contribution in [0.1, 0.15) is 12.5 Å². The normalized spacial score (nSPS) is 15.7. The number of alkyl halides is 2. The Kier molecular flexibility index (Phi) is 4.83. The molecule has 0 aromatic heterocycles. The van der Waals surface area contributed by atoms with Crippen LogP contribution in [0.3, 0.4) is 0 Å². The summed E-state index contributed by atoms with van der Waals surface area (Å²) in [4.78, 5) is 11.4. The van der Waals surface area contributed by atoms with Crippen LogP contribution >= 0.6 is 0 Å². The molecule has 4 nitrogen and oxygen atoms in total. The molecule has 0 aliphatic heterocycles. The molecule has 106 valence electrons. The number of benzene rings is 1. The van der Waals surface area contributed by atoms with Crippen molar-refractivity contribution in [2.24, 2.45) is 5.92 Å². The Hall–Kier alpha value is -1.69. The number of esters is 1. The lowest BCUT2D eigenvalue weighted by molar-refractivity contribution is -0.167. The van der Waals surface area contributed by atoms with Crippen molar-refractivity contribution in [3.05, 3.63) is 29.8 Å². The number of carbonyl (C=O) groups is 1. The highest BCUT2D eigenvalue weighted by Crippen LogP contribution is 2.35. The lowest BCUT2D eigenvalue weighted by atomic mass is 9.83. The van der Waals surface area contributed by atoms with Gasteiger partial charge in [0.2, 0.25) is 0 Å². The number of halogens is 2. The van der Waals surface area contributed by atoms with Gasteiger partial charge in [-0.25, -0.2) is 8.78 Å². The van der Waals surface area contributed by atoms with Crippen LogP contribution < -0.4 is 4.74 Å². The second-order valence-corrected chi connectivity index (χ2v) is 4.21. The van der Waals surface area contributed by atoms with Gasteiger partial charge in [0, 0.05) is 0 Å². The maximum absolute atomic E-state index is 13.0. The van der Waals surface area contributed by atoms with Gasteiger partial charge in [-0.3, -0.25) is 4.79 Å². The molecular weight excluding hydrogens is 258 g/mol. The predicted octanol–water partition coefficient (Wildman–Crippen LogP) is 1.96. The first-order valence-corrected chi connectivity index (χ1v) is 5.57. The summed E-state index contributed by atoms with van der Waals surface area (Å²) >= 11 is 0. The van der Waals surface area contributed by atoms with Crippen LogP contribution in [-0.2, 0) is 15.1 Å². The highest BCUT2D eigenvalue weighted by Gasteiger charge is 2.46. The number of rotatable bonds is 5. The van der Waals surface area contributed by atoms with Crippen LogP contribution in [0.5, 0.6) is 5.75 Å². The molecule has 0 aliphatic rings. The fourth-order valence-electron chi connectivity index (χ4n) is 1.81. The minimum Gasteiger partial charge on any atom is -0.497 e. The lowest BCUT2D eigenvalue weighted by Gasteiger charge is -2.30. The van der Waals surface area contributed by atoms with E-state index in [1.807, 2.05) is 0 Å². The molecule has 2 unspecified atom stereocenters. The monoisotopic (exact) mass is 274 g/mol. The van der Waals surface area contributed by atoms with E-state index in [0.29, 0.717) is 5.75 Å². The molecule has 0 aliphatic carbocycles. The summed E-state index contributed by atoms with van der Waals surface area (Å²) in [6.07, 6.45) is -3.04. The zero-order valence-electron chi connectivity index (χ0n) is 10.9. The average Bonchev–Trinajstić information content (AvgIpc) is 2.37. The van der Waals surface area contributed by atoms with Crippen molar-refractivity contribution in [2.75, 3.05) is 14.2 Å². The number of aliphatic hydroxyl groups is 1. The Labute approximate surface area is 109 Å². The zero-order valence-corrected chi connectivity index (χ0v) is 10.9. The molecule has 0 radical (unpaired) electrons. The van der Waals surface area contributed by atoms with Crippen LogP contribution in [0.4, 0.5) is 8.78 Å². The summed E-state index contributed by atoms with van der Waals surface area (Å²) in [6.45, 7) is 1.16. The summed E-state index contributed by atoms with van der Waals surface area (Å²) in [7, 11) is 2.46. The molecule has 0 saturated heterocycles. The van der Waals surface area contributed by atoms with Gasteiger partial charge in [0.1, 0.15) is 17.3 Å². The van der Waals surface area contributed by atoms with E-state index in [9.17, 15) is 18.7 Å². The molecule has 0 saturated carbocycles. The molecule has 0 bridgehead atoms. The first kappa shape index (κ1) is 15.4. The van der Waals surface area contributed by atoms with Crippen molar-refractivity contribution in [2.45, 2.75) is 19.0 Å². The van der Waals surface area contributed by atoms with Gasteiger partial charge in [0.25, 0.3) is 6.43 Å². The first-order valence-electron chi connectivity index (χ1n) is 5.57. The predicted molar refractivity (Wildman–Crippen MR) is 64.1 cm³/mol. The third-order valence-corrected chi connectivity index (χ3v) is 2.99. The fraction of sp³-hybridized carbons (Fsp3) is 0.462. The summed E-state index contributed by atoms with van der Waals surface area (Å²) in [6, 6.07) is 5.89. The maximum Gasteiger partial charge on any atom is 0.317 e. The number of ether oxygens (including phenoxy) is 2. The van der Waals surface area contributed by atoms with Crippen molar-refractivity contribution in [1.29, 1.82) is 0 Å². The van der Waals surface area contributed by atoms with E-state index >= 15 is 0 Å². The Morgan fingerprint density at radius 3 is 2.16 bits per heavy atom. The molecule has 1 rings (SSSR count). The van der Waals surface area contributed by atoms with Gasteiger partial charge in [-0.1, -0.05) is 12.1 Å². The van der Waals surface area contributed by atoms with Crippen molar-refractivity contribution in [1.82, 2.24) is 0 Å². The van der Waals surface area contributed by atoms with Crippen LogP contribution in [0.25, 0.3) is 0 Å². The van der Waals surface area contributed by atoms with Gasteiger partial charge in [-0.15, -0.1) is 0 Å². The zero-order chi connectivity index (χ0) is 14.6. The van der Waals surface area contributed by atoms with E-state index in [1.54, 1.807) is 0 Å². The van der Waals surface area contributed by atoms with Crippen molar-refractivity contribution in [3.8, 4) is 5.75 Å². The second-order valence-electron chi connectivity index (χ2n) is 4.21. The van der Waals surface area contributed by atoms with E-state index < -0.39 is 23.9 Å². The van der Waals surface area contributed by atoms with Crippen molar-refractivity contribution in [3.63, 3.8) is 0 Å². The second kappa shape index (κ2) is 5.97. The standard InChI is InChI=1S/C13H16F2O4/c1-13(17,10(11(14)15)12(16)19-3)8-4-6-9(18-2)7-5-8/h4-7,10-11,17H,1-3H3. The molecule has 1 N–H and O–H groups in total. The quantitative estimate of drug-likeness (QED) is 0.834. The Balaban J connectivity index is 3.14. The van der Waals surface area contributed by atoms with Crippen molar-refractivity contribution >= 4 is 5.97 Å². The minimum atomic E-state index is -3.04. The molecule has 1 aromatic rings. The number of carbonyl (C=O) groups excluding carboxylic acids is 1. The molecule has 1 aromatic carbocycles. The molecule has 2 atom stereocenters.